The molecule has 0 spiro atoms. The molecule has 0 radical (unpaired) electrons. The summed E-state index contributed by atoms with van der Waals surface area (Å²) >= 11 is 0. The Hall–Kier alpha value is -3.62. The Morgan fingerprint density at radius 2 is 2.04 bits per heavy atom. The highest BCUT2D eigenvalue weighted by Gasteiger charge is 2.16. The van der Waals surface area contributed by atoms with E-state index in [-0.39, 0.29) is 24.1 Å². The number of carbonyl (C=O) groups excluding carboxylic acids is 1. The number of amides is 1. The maximum atomic E-state index is 13.3. The van der Waals surface area contributed by atoms with Crippen molar-refractivity contribution in [2.24, 2.45) is 7.05 Å². The average Bonchev–Trinajstić information content (AvgIpc) is 2.65. The standard InChI is InChI=1S/C18H15FN4O4/c1-22-16(21-14-5-3-2-4-12(14)18(22)25)8-9-17(24)20-11-6-7-13(19)15(10-11)23(26)27/h2-7,10H,8-9H2,1H3,(H,20,24). The van der Waals surface area contributed by atoms with Crippen LogP contribution in [0.1, 0.15) is 12.2 Å². The highest BCUT2D eigenvalue weighted by Crippen LogP contribution is 2.21. The first-order chi connectivity index (χ1) is 12.9. The van der Waals surface area contributed by atoms with Gasteiger partial charge in [-0.3, -0.25) is 24.3 Å². The summed E-state index contributed by atoms with van der Waals surface area (Å²) in [7, 11) is 1.58. The van der Waals surface area contributed by atoms with E-state index in [1.165, 1.54) is 10.6 Å². The second-order valence-electron chi connectivity index (χ2n) is 5.88. The molecule has 0 aliphatic carbocycles. The van der Waals surface area contributed by atoms with Crippen LogP contribution in [-0.4, -0.2) is 20.4 Å². The first-order valence-electron chi connectivity index (χ1n) is 8.05. The molecule has 0 unspecified atom stereocenters. The molecule has 1 amide bonds. The highest BCUT2D eigenvalue weighted by molar-refractivity contribution is 5.91. The van der Waals surface area contributed by atoms with E-state index in [1.54, 1.807) is 31.3 Å². The molecule has 1 aromatic heterocycles. The molecule has 0 atom stereocenters. The van der Waals surface area contributed by atoms with Gasteiger partial charge in [0.05, 0.1) is 15.8 Å². The molecule has 0 bridgehead atoms. The molecular weight excluding hydrogens is 355 g/mol. The quantitative estimate of drug-likeness (QED) is 0.549. The van der Waals surface area contributed by atoms with Gasteiger partial charge in [-0.25, -0.2) is 4.98 Å². The van der Waals surface area contributed by atoms with Crippen LogP contribution in [-0.2, 0) is 18.3 Å². The summed E-state index contributed by atoms with van der Waals surface area (Å²) in [6, 6.07) is 10.0. The SMILES string of the molecule is Cn1c(CCC(=O)Nc2ccc(F)c([N+](=O)[O-])c2)nc2ccccc2c1=O. The first kappa shape index (κ1) is 18.2. The third-order valence-corrected chi connectivity index (χ3v) is 4.08. The molecule has 9 heteroatoms. The number of fused-ring (bicyclic) bond motifs is 1. The fourth-order valence-electron chi connectivity index (χ4n) is 2.67. The number of hydrogen-bond donors (Lipinski definition) is 1. The van der Waals surface area contributed by atoms with Gasteiger partial charge in [-0.2, -0.15) is 4.39 Å². The molecule has 3 rings (SSSR count). The van der Waals surface area contributed by atoms with Crippen molar-refractivity contribution in [3.05, 3.63) is 74.6 Å². The van der Waals surface area contributed by atoms with Crippen molar-refractivity contribution < 1.29 is 14.1 Å². The third-order valence-electron chi connectivity index (χ3n) is 4.08. The number of nitro groups is 1. The minimum Gasteiger partial charge on any atom is -0.326 e. The summed E-state index contributed by atoms with van der Waals surface area (Å²) in [6.07, 6.45) is 0.204. The first-order valence-corrected chi connectivity index (χ1v) is 8.05. The number of carbonyl (C=O) groups is 1. The number of nitrogens with one attached hydrogen (secondary N) is 1. The van der Waals surface area contributed by atoms with Crippen molar-refractivity contribution in [1.82, 2.24) is 9.55 Å². The molecule has 1 heterocycles. The molecule has 2 aromatic carbocycles. The van der Waals surface area contributed by atoms with E-state index < -0.39 is 22.3 Å². The number of aryl methyl sites for hydroxylation is 1. The van der Waals surface area contributed by atoms with Gasteiger partial charge in [0.2, 0.25) is 11.7 Å². The fourth-order valence-corrected chi connectivity index (χ4v) is 2.67. The van der Waals surface area contributed by atoms with Crippen LogP contribution < -0.4 is 10.9 Å². The Morgan fingerprint density at radius 3 is 2.78 bits per heavy atom. The molecule has 0 aliphatic rings. The van der Waals surface area contributed by atoms with E-state index in [4.69, 9.17) is 0 Å². The number of para-hydroxylation sites is 1. The van der Waals surface area contributed by atoms with Crippen molar-refractivity contribution in [3.63, 3.8) is 0 Å². The molecule has 0 saturated carbocycles. The predicted molar refractivity (Wildman–Crippen MR) is 97.0 cm³/mol. The van der Waals surface area contributed by atoms with Crippen molar-refractivity contribution in [2.45, 2.75) is 12.8 Å². The van der Waals surface area contributed by atoms with Gasteiger partial charge < -0.3 is 5.32 Å². The summed E-state index contributed by atoms with van der Waals surface area (Å²) < 4.78 is 14.7. The zero-order valence-electron chi connectivity index (χ0n) is 14.3. The third kappa shape index (κ3) is 3.81. The zero-order valence-corrected chi connectivity index (χ0v) is 14.3. The second kappa shape index (κ2) is 7.32. The van der Waals surface area contributed by atoms with Crippen LogP contribution >= 0.6 is 0 Å². The van der Waals surface area contributed by atoms with Gasteiger partial charge in [0.25, 0.3) is 5.56 Å². The lowest BCUT2D eigenvalue weighted by atomic mass is 10.2. The lowest BCUT2D eigenvalue weighted by molar-refractivity contribution is -0.387. The van der Waals surface area contributed by atoms with E-state index >= 15 is 0 Å². The summed E-state index contributed by atoms with van der Waals surface area (Å²) in [5.41, 5.74) is -0.254. The molecule has 1 N–H and O–H groups in total. The van der Waals surface area contributed by atoms with Gasteiger partial charge in [0.15, 0.2) is 0 Å². The Balaban J connectivity index is 1.74. The molecule has 138 valence electrons. The van der Waals surface area contributed by atoms with E-state index in [0.717, 1.165) is 12.1 Å². The number of nitro benzene ring substituents is 1. The van der Waals surface area contributed by atoms with Crippen molar-refractivity contribution in [1.29, 1.82) is 0 Å². The van der Waals surface area contributed by atoms with Crippen LogP contribution in [0.5, 0.6) is 0 Å². The number of anilines is 1. The van der Waals surface area contributed by atoms with Gasteiger partial charge in [-0.1, -0.05) is 12.1 Å². The van der Waals surface area contributed by atoms with Crippen molar-refractivity contribution in [3.8, 4) is 0 Å². The van der Waals surface area contributed by atoms with E-state index in [9.17, 15) is 24.1 Å². The summed E-state index contributed by atoms with van der Waals surface area (Å²) in [6.45, 7) is 0. The highest BCUT2D eigenvalue weighted by atomic mass is 19.1. The summed E-state index contributed by atoms with van der Waals surface area (Å²) in [5, 5.41) is 13.7. The topological polar surface area (TPSA) is 107 Å². The fraction of sp³-hybridized carbons (Fsp3) is 0.167. The number of rotatable bonds is 5. The predicted octanol–water partition coefficient (Wildman–Crippen LogP) is 2.55. The molecular formula is C18H15FN4O4. The number of nitrogens with zero attached hydrogens (tertiary/aromatic N) is 3. The minimum atomic E-state index is -0.978. The monoisotopic (exact) mass is 370 g/mol. The number of aromatic nitrogens is 2. The maximum Gasteiger partial charge on any atom is 0.306 e. The summed E-state index contributed by atoms with van der Waals surface area (Å²) in [4.78, 5) is 38.8. The van der Waals surface area contributed by atoms with Crippen LogP contribution in [0.4, 0.5) is 15.8 Å². The Bertz CT molecular complexity index is 1110. The molecule has 3 aromatic rings. The van der Waals surface area contributed by atoms with E-state index in [1.807, 2.05) is 0 Å². The molecule has 0 fully saturated rings. The lowest BCUT2D eigenvalue weighted by Gasteiger charge is -2.09. The van der Waals surface area contributed by atoms with Gasteiger partial charge in [-0.05, 0) is 24.3 Å². The van der Waals surface area contributed by atoms with Crippen molar-refractivity contribution in [2.75, 3.05) is 5.32 Å². The number of halogens is 1. The average molecular weight is 370 g/mol. The largest absolute Gasteiger partial charge is 0.326 e. The normalized spacial score (nSPS) is 10.7. The van der Waals surface area contributed by atoms with E-state index in [0.29, 0.717) is 16.7 Å². The van der Waals surface area contributed by atoms with Crippen LogP contribution in [0.3, 0.4) is 0 Å². The smallest absolute Gasteiger partial charge is 0.306 e. The van der Waals surface area contributed by atoms with Crippen LogP contribution in [0.25, 0.3) is 10.9 Å². The molecule has 8 nitrogen and oxygen atoms in total. The molecule has 0 aliphatic heterocycles. The second-order valence-corrected chi connectivity index (χ2v) is 5.88. The Labute approximate surface area is 152 Å². The van der Waals surface area contributed by atoms with Gasteiger partial charge in [-0.15, -0.1) is 0 Å². The number of benzene rings is 2. The van der Waals surface area contributed by atoms with Crippen LogP contribution in [0.2, 0.25) is 0 Å². The molecule has 27 heavy (non-hydrogen) atoms. The number of hydrogen-bond acceptors (Lipinski definition) is 5. The maximum absolute atomic E-state index is 13.3. The Kier molecular flexibility index (Phi) is 4.93. The van der Waals surface area contributed by atoms with Gasteiger partial charge in [0, 0.05) is 31.6 Å². The van der Waals surface area contributed by atoms with E-state index in [2.05, 4.69) is 10.3 Å². The van der Waals surface area contributed by atoms with Gasteiger partial charge >= 0.3 is 5.69 Å². The minimum absolute atomic E-state index is 0.00376. The van der Waals surface area contributed by atoms with Crippen LogP contribution in [0, 0.1) is 15.9 Å². The lowest BCUT2D eigenvalue weighted by Crippen LogP contribution is -2.23. The summed E-state index contributed by atoms with van der Waals surface area (Å²) in [5.74, 6) is -0.967. The van der Waals surface area contributed by atoms with Crippen LogP contribution in [0.15, 0.2) is 47.3 Å². The zero-order chi connectivity index (χ0) is 19.6. The molecule has 0 saturated heterocycles. The van der Waals surface area contributed by atoms with Crippen molar-refractivity contribution >= 4 is 28.2 Å². The Morgan fingerprint density at radius 1 is 1.30 bits per heavy atom. The van der Waals surface area contributed by atoms with Gasteiger partial charge in [0.1, 0.15) is 5.82 Å².